The molecular weight excluding hydrogens is 282 g/mol. The molecule has 0 atom stereocenters. The molecule has 0 spiro atoms. The number of hydrogen-bond acceptors (Lipinski definition) is 4. The third-order valence-electron chi connectivity index (χ3n) is 1.83. The van der Waals surface area contributed by atoms with Gasteiger partial charge in [0.25, 0.3) is 0 Å². The number of benzene rings is 1. The zero-order valence-electron chi connectivity index (χ0n) is 8.08. The van der Waals surface area contributed by atoms with E-state index in [2.05, 4.69) is 36.3 Å². The normalized spacial score (nSPS) is 10.5. The van der Waals surface area contributed by atoms with Crippen molar-refractivity contribution >= 4 is 15.9 Å². The molecule has 0 saturated heterocycles. The minimum Gasteiger partial charge on any atom is -0.206 e. The average molecular weight is 287 g/mol. The Bertz CT molecular complexity index is 530. The molecule has 0 saturated carbocycles. The quantitative estimate of drug-likeness (QED) is 0.755. The van der Waals surface area contributed by atoms with Crippen LogP contribution in [0.1, 0.15) is 5.82 Å². The molecule has 1 aromatic heterocycles. The van der Waals surface area contributed by atoms with Crippen LogP contribution in [0.4, 0.5) is 8.78 Å². The summed E-state index contributed by atoms with van der Waals surface area (Å²) in [4.78, 5) is 0. The van der Waals surface area contributed by atoms with Crippen molar-refractivity contribution in [1.82, 2.24) is 20.4 Å². The predicted octanol–water partition coefficient (Wildman–Crippen LogP) is 2.28. The molecule has 0 bridgehead atoms. The van der Waals surface area contributed by atoms with Gasteiger partial charge in [-0.25, -0.2) is 8.78 Å². The first-order valence-corrected chi connectivity index (χ1v) is 5.06. The highest BCUT2D eigenvalue weighted by atomic mass is 79.9. The van der Waals surface area contributed by atoms with Crippen LogP contribution < -0.4 is 0 Å². The summed E-state index contributed by atoms with van der Waals surface area (Å²) in [7, 11) is 0. The summed E-state index contributed by atoms with van der Waals surface area (Å²) in [6.45, 7) is 1.60. The first-order valence-electron chi connectivity index (χ1n) is 4.27. The smallest absolute Gasteiger partial charge is 0.206 e. The zero-order chi connectivity index (χ0) is 11.7. The van der Waals surface area contributed by atoms with Crippen LogP contribution in [0.5, 0.6) is 0 Å². The third-order valence-corrected chi connectivity index (χ3v) is 2.44. The van der Waals surface area contributed by atoms with Crippen LogP contribution in [-0.4, -0.2) is 20.4 Å². The largest absolute Gasteiger partial charge is 0.206 e. The molecule has 1 heterocycles. The van der Waals surface area contributed by atoms with E-state index in [9.17, 15) is 8.78 Å². The topological polar surface area (TPSA) is 51.6 Å². The van der Waals surface area contributed by atoms with E-state index in [4.69, 9.17) is 0 Å². The van der Waals surface area contributed by atoms with E-state index in [-0.39, 0.29) is 15.9 Å². The maximum atomic E-state index is 13.5. The van der Waals surface area contributed by atoms with E-state index < -0.39 is 11.6 Å². The molecule has 7 heteroatoms. The van der Waals surface area contributed by atoms with Crippen molar-refractivity contribution in [2.45, 2.75) is 6.92 Å². The van der Waals surface area contributed by atoms with E-state index in [0.29, 0.717) is 5.82 Å². The molecule has 0 aliphatic rings. The Morgan fingerprint density at radius 1 is 1.00 bits per heavy atom. The summed E-state index contributed by atoms with van der Waals surface area (Å²) in [6.07, 6.45) is 0. The highest BCUT2D eigenvalue weighted by molar-refractivity contribution is 9.10. The van der Waals surface area contributed by atoms with Gasteiger partial charge in [-0.15, -0.1) is 20.4 Å². The summed E-state index contributed by atoms with van der Waals surface area (Å²) in [5.41, 5.74) is -0.0688. The van der Waals surface area contributed by atoms with Crippen molar-refractivity contribution in [3.63, 3.8) is 0 Å². The van der Waals surface area contributed by atoms with Gasteiger partial charge in [0.15, 0.2) is 5.82 Å². The van der Waals surface area contributed by atoms with Crippen molar-refractivity contribution in [2.24, 2.45) is 0 Å². The lowest BCUT2D eigenvalue weighted by atomic mass is 10.2. The second-order valence-corrected chi connectivity index (χ2v) is 3.87. The maximum Gasteiger partial charge on any atom is 0.206 e. The van der Waals surface area contributed by atoms with E-state index in [1.807, 2.05) is 0 Å². The predicted molar refractivity (Wildman–Crippen MR) is 55.4 cm³/mol. The summed E-state index contributed by atoms with van der Waals surface area (Å²) in [6, 6.07) is 2.00. The fraction of sp³-hybridized carbons (Fsp3) is 0.111. The molecule has 0 radical (unpaired) electrons. The van der Waals surface area contributed by atoms with Crippen LogP contribution in [-0.2, 0) is 0 Å². The summed E-state index contributed by atoms with van der Waals surface area (Å²) < 4.78 is 26.7. The molecule has 0 fully saturated rings. The van der Waals surface area contributed by atoms with Gasteiger partial charge in [0.2, 0.25) is 5.82 Å². The molecule has 0 amide bonds. The fourth-order valence-corrected chi connectivity index (χ4v) is 1.40. The molecular formula is C9H5BrF2N4. The highest BCUT2D eigenvalue weighted by Crippen LogP contribution is 2.24. The van der Waals surface area contributed by atoms with Gasteiger partial charge in [-0.2, -0.15) is 0 Å². The monoisotopic (exact) mass is 286 g/mol. The van der Waals surface area contributed by atoms with Gasteiger partial charge < -0.3 is 0 Å². The molecule has 2 rings (SSSR count). The number of halogens is 3. The molecule has 1 aromatic carbocycles. The Morgan fingerprint density at radius 3 is 2.25 bits per heavy atom. The van der Waals surface area contributed by atoms with Gasteiger partial charge in [-0.3, -0.25) is 0 Å². The van der Waals surface area contributed by atoms with Gasteiger partial charge in [-0.1, -0.05) is 0 Å². The number of hydrogen-bond donors (Lipinski definition) is 0. The van der Waals surface area contributed by atoms with Crippen LogP contribution in [0.25, 0.3) is 11.4 Å². The van der Waals surface area contributed by atoms with E-state index in [1.165, 1.54) is 0 Å². The molecule has 0 N–H and O–H groups in total. The molecule has 4 nitrogen and oxygen atoms in total. The lowest BCUT2D eigenvalue weighted by Crippen LogP contribution is -2.00. The van der Waals surface area contributed by atoms with Crippen LogP contribution in [0, 0.1) is 18.6 Å². The SMILES string of the molecule is Cc1nnc(-c2cc(F)c(Br)cc2F)nn1. The maximum absolute atomic E-state index is 13.5. The average Bonchev–Trinajstić information content (AvgIpc) is 2.25. The molecule has 82 valence electrons. The minimum atomic E-state index is -0.638. The van der Waals surface area contributed by atoms with Gasteiger partial charge in [-0.05, 0) is 35.0 Å². The fourth-order valence-electron chi connectivity index (χ4n) is 1.08. The second-order valence-electron chi connectivity index (χ2n) is 3.02. The molecule has 0 aliphatic carbocycles. The van der Waals surface area contributed by atoms with Crippen LogP contribution in [0.3, 0.4) is 0 Å². The zero-order valence-corrected chi connectivity index (χ0v) is 9.66. The van der Waals surface area contributed by atoms with Gasteiger partial charge in [0, 0.05) is 0 Å². The number of rotatable bonds is 1. The van der Waals surface area contributed by atoms with E-state index in [1.54, 1.807) is 6.92 Å². The second kappa shape index (κ2) is 4.17. The Kier molecular flexibility index (Phi) is 2.86. The van der Waals surface area contributed by atoms with E-state index >= 15 is 0 Å². The summed E-state index contributed by atoms with van der Waals surface area (Å²) in [5.74, 6) is -0.919. The van der Waals surface area contributed by atoms with Gasteiger partial charge in [0.1, 0.15) is 11.6 Å². The third kappa shape index (κ3) is 2.04. The van der Waals surface area contributed by atoms with Gasteiger partial charge in [0.05, 0.1) is 10.0 Å². The van der Waals surface area contributed by atoms with E-state index in [0.717, 1.165) is 12.1 Å². The van der Waals surface area contributed by atoms with Crippen LogP contribution >= 0.6 is 15.9 Å². The first kappa shape index (κ1) is 11.0. The minimum absolute atomic E-state index is 0.0433. The van der Waals surface area contributed by atoms with Crippen molar-refractivity contribution in [1.29, 1.82) is 0 Å². The van der Waals surface area contributed by atoms with Crippen molar-refractivity contribution in [3.05, 3.63) is 34.1 Å². The van der Waals surface area contributed by atoms with Crippen LogP contribution in [0.2, 0.25) is 0 Å². The van der Waals surface area contributed by atoms with Crippen molar-refractivity contribution in [2.75, 3.05) is 0 Å². The molecule has 0 aliphatic heterocycles. The lowest BCUT2D eigenvalue weighted by molar-refractivity contribution is 0.595. The summed E-state index contributed by atoms with van der Waals surface area (Å²) in [5, 5.41) is 14.5. The van der Waals surface area contributed by atoms with Crippen molar-refractivity contribution < 1.29 is 8.78 Å². The Morgan fingerprint density at radius 2 is 1.62 bits per heavy atom. The Balaban J connectivity index is 2.56. The Labute approximate surface area is 97.9 Å². The molecule has 16 heavy (non-hydrogen) atoms. The molecule has 0 unspecified atom stereocenters. The molecule has 2 aromatic rings. The number of aryl methyl sites for hydroxylation is 1. The lowest BCUT2D eigenvalue weighted by Gasteiger charge is -2.02. The van der Waals surface area contributed by atoms with Gasteiger partial charge >= 0.3 is 0 Å². The van der Waals surface area contributed by atoms with Crippen LogP contribution in [0.15, 0.2) is 16.6 Å². The highest BCUT2D eigenvalue weighted by Gasteiger charge is 2.13. The standard InChI is InChI=1S/C9H5BrF2N4/c1-4-13-15-9(16-14-4)5-2-8(12)6(10)3-7(5)11/h2-3H,1H3. The Hall–Kier alpha value is -1.50. The first-order chi connectivity index (χ1) is 7.58. The summed E-state index contributed by atoms with van der Waals surface area (Å²) >= 11 is 2.88. The van der Waals surface area contributed by atoms with Crippen molar-refractivity contribution in [3.8, 4) is 11.4 Å². The number of nitrogens with zero attached hydrogens (tertiary/aromatic N) is 4. The number of aromatic nitrogens is 4.